The quantitative estimate of drug-likeness (QED) is 0.232. The second kappa shape index (κ2) is 10.6. The van der Waals surface area contributed by atoms with Crippen LogP contribution in [0, 0.1) is 0 Å². The predicted octanol–water partition coefficient (Wildman–Crippen LogP) is 8.41. The molecule has 1 fully saturated rings. The second-order valence-corrected chi connectivity index (χ2v) is 15.2. The fraction of sp³-hybridized carbons (Fsp3) is 0.273. The molecule has 1 aliphatic rings. The van der Waals surface area contributed by atoms with E-state index >= 15 is 0 Å². The van der Waals surface area contributed by atoms with E-state index in [-0.39, 0.29) is 0 Å². The van der Waals surface area contributed by atoms with E-state index < -0.39 is 8.07 Å². The molecule has 172 valence electrons. The molecule has 0 spiro atoms. The summed E-state index contributed by atoms with van der Waals surface area (Å²) in [5.41, 5.74) is 6.10. The van der Waals surface area contributed by atoms with Crippen LogP contribution >= 0.6 is 0 Å². The molecule has 0 bridgehead atoms. The van der Waals surface area contributed by atoms with Gasteiger partial charge in [-0.15, -0.1) is 0 Å². The van der Waals surface area contributed by atoms with E-state index in [9.17, 15) is 0 Å². The highest BCUT2D eigenvalue weighted by atomic mass is 28.3. The zero-order valence-corrected chi connectivity index (χ0v) is 21.2. The first-order valence-electron chi connectivity index (χ1n) is 12.9. The van der Waals surface area contributed by atoms with Crippen LogP contribution < -0.4 is 0 Å². The van der Waals surface area contributed by atoms with Gasteiger partial charge in [0.2, 0.25) is 0 Å². The van der Waals surface area contributed by atoms with Gasteiger partial charge in [0.1, 0.15) is 0 Å². The van der Waals surface area contributed by atoms with Gasteiger partial charge >= 0.3 is 0 Å². The monoisotopic (exact) mass is 460 g/mol. The van der Waals surface area contributed by atoms with Gasteiger partial charge in [-0.25, -0.2) is 0 Å². The smallest absolute Gasteiger partial charge is 0.0622 e. The van der Waals surface area contributed by atoms with Gasteiger partial charge in [0.25, 0.3) is 0 Å². The predicted molar refractivity (Wildman–Crippen MR) is 148 cm³/mol. The third kappa shape index (κ3) is 5.10. The minimum atomic E-state index is -1.81. The SMILES string of the molecule is c1ccc(CC2(Cc3ccccc3)CCCC[Si]2(Cc2ccccc2)Cc2ccccc2)cc1. The summed E-state index contributed by atoms with van der Waals surface area (Å²) in [6.45, 7) is 0. The van der Waals surface area contributed by atoms with Crippen molar-refractivity contribution >= 4 is 8.07 Å². The molecule has 0 atom stereocenters. The van der Waals surface area contributed by atoms with Gasteiger partial charge in [0.05, 0.1) is 8.07 Å². The summed E-state index contributed by atoms with van der Waals surface area (Å²) < 4.78 is 0. The molecule has 0 radical (unpaired) electrons. The molecule has 1 heterocycles. The van der Waals surface area contributed by atoms with Crippen LogP contribution in [0.2, 0.25) is 11.1 Å². The van der Waals surface area contributed by atoms with Crippen molar-refractivity contribution in [2.45, 2.75) is 55.3 Å². The molecule has 0 N–H and O–H groups in total. The van der Waals surface area contributed by atoms with E-state index in [0.29, 0.717) is 5.04 Å². The molecule has 1 saturated heterocycles. The Bertz CT molecular complexity index is 958. The Morgan fingerprint density at radius 2 is 0.853 bits per heavy atom. The van der Waals surface area contributed by atoms with Gasteiger partial charge in [-0.2, -0.15) is 0 Å². The number of benzene rings is 4. The highest BCUT2D eigenvalue weighted by Crippen LogP contribution is 2.56. The molecule has 0 nitrogen and oxygen atoms in total. The van der Waals surface area contributed by atoms with E-state index in [4.69, 9.17) is 0 Å². The van der Waals surface area contributed by atoms with E-state index in [1.54, 1.807) is 0 Å². The zero-order valence-electron chi connectivity index (χ0n) is 20.2. The van der Waals surface area contributed by atoms with Crippen LogP contribution in [0.25, 0.3) is 0 Å². The summed E-state index contributed by atoms with van der Waals surface area (Å²) >= 11 is 0. The van der Waals surface area contributed by atoms with Crippen LogP contribution in [-0.4, -0.2) is 8.07 Å². The van der Waals surface area contributed by atoms with Crippen LogP contribution in [0.5, 0.6) is 0 Å². The largest absolute Gasteiger partial charge is 0.0691 e. The lowest BCUT2D eigenvalue weighted by atomic mass is 9.86. The van der Waals surface area contributed by atoms with E-state index in [2.05, 4.69) is 121 Å². The lowest BCUT2D eigenvalue weighted by Crippen LogP contribution is -2.56. The van der Waals surface area contributed by atoms with Gasteiger partial charge in [-0.3, -0.25) is 0 Å². The summed E-state index contributed by atoms with van der Waals surface area (Å²) in [5.74, 6) is 0. The molecule has 4 aromatic rings. The van der Waals surface area contributed by atoms with Crippen LogP contribution in [0.15, 0.2) is 121 Å². The highest BCUT2D eigenvalue weighted by molar-refractivity contribution is 6.82. The van der Waals surface area contributed by atoms with Crippen molar-refractivity contribution in [3.8, 4) is 0 Å². The highest BCUT2D eigenvalue weighted by Gasteiger charge is 2.53. The van der Waals surface area contributed by atoms with Crippen molar-refractivity contribution in [1.29, 1.82) is 0 Å². The third-order valence-corrected chi connectivity index (χ3v) is 14.6. The summed E-state index contributed by atoms with van der Waals surface area (Å²) in [4.78, 5) is 0. The van der Waals surface area contributed by atoms with E-state index in [0.717, 1.165) is 0 Å². The maximum absolute atomic E-state index is 2.38. The second-order valence-electron chi connectivity index (χ2n) is 10.4. The minimum Gasteiger partial charge on any atom is -0.0622 e. The average molecular weight is 461 g/mol. The first kappa shape index (κ1) is 22.9. The topological polar surface area (TPSA) is 0 Å². The standard InChI is InChI=1S/C33H36Si/c1-5-15-29(16-6-1)25-33(26-30-17-7-2-8-18-30)23-13-14-24-34(33,27-31-19-9-3-10-20-31)28-32-21-11-4-12-22-32/h1-12,15-22H,13-14,23-28H2. The zero-order chi connectivity index (χ0) is 23.1. The average Bonchev–Trinajstić information content (AvgIpc) is 2.88. The lowest BCUT2D eigenvalue weighted by molar-refractivity contribution is 0.424. The van der Waals surface area contributed by atoms with Crippen molar-refractivity contribution in [1.82, 2.24) is 0 Å². The van der Waals surface area contributed by atoms with Gasteiger partial charge < -0.3 is 0 Å². The Balaban J connectivity index is 1.65. The van der Waals surface area contributed by atoms with Crippen LogP contribution in [0.4, 0.5) is 0 Å². The van der Waals surface area contributed by atoms with Gasteiger partial charge in [0, 0.05) is 0 Å². The van der Waals surface area contributed by atoms with Crippen molar-refractivity contribution in [2.24, 2.45) is 0 Å². The van der Waals surface area contributed by atoms with Crippen molar-refractivity contribution < 1.29 is 0 Å². The third-order valence-electron chi connectivity index (χ3n) is 8.23. The molecular formula is C33H36Si. The number of hydrogen-bond acceptors (Lipinski definition) is 0. The molecule has 5 rings (SSSR count). The molecular weight excluding hydrogens is 424 g/mol. The summed E-state index contributed by atoms with van der Waals surface area (Å²) in [6.07, 6.45) is 6.50. The van der Waals surface area contributed by atoms with E-state index in [1.165, 1.54) is 72.5 Å². The molecule has 0 unspecified atom stereocenters. The first-order chi connectivity index (χ1) is 16.8. The van der Waals surface area contributed by atoms with Crippen molar-refractivity contribution in [2.75, 3.05) is 0 Å². The maximum atomic E-state index is 2.38. The van der Waals surface area contributed by atoms with Crippen molar-refractivity contribution in [3.05, 3.63) is 144 Å². The van der Waals surface area contributed by atoms with Gasteiger partial charge in [0.15, 0.2) is 0 Å². The first-order valence-corrected chi connectivity index (χ1v) is 15.5. The Morgan fingerprint density at radius 1 is 0.471 bits per heavy atom. The van der Waals surface area contributed by atoms with Crippen LogP contribution in [0.1, 0.15) is 41.5 Å². The fourth-order valence-electron chi connectivity index (χ4n) is 6.63. The minimum absolute atomic E-state index is 0.347. The van der Waals surface area contributed by atoms with Gasteiger partial charge in [-0.05, 0) is 47.5 Å². The molecule has 0 amide bonds. The molecule has 0 aliphatic carbocycles. The Morgan fingerprint density at radius 3 is 1.26 bits per heavy atom. The Hall–Kier alpha value is -2.90. The van der Waals surface area contributed by atoms with Crippen molar-refractivity contribution in [3.63, 3.8) is 0 Å². The normalized spacial score (nSPS) is 16.7. The summed E-state index contributed by atoms with van der Waals surface area (Å²) in [7, 11) is -1.81. The van der Waals surface area contributed by atoms with Crippen LogP contribution in [0.3, 0.4) is 0 Å². The molecule has 34 heavy (non-hydrogen) atoms. The lowest BCUT2D eigenvalue weighted by Gasteiger charge is -2.54. The maximum Gasteiger partial charge on any atom is 0.0691 e. The van der Waals surface area contributed by atoms with Gasteiger partial charge in [-0.1, -0.05) is 151 Å². The molecule has 0 aromatic heterocycles. The summed E-state index contributed by atoms with van der Waals surface area (Å²) in [5, 5.41) is 0.347. The molecule has 4 aromatic carbocycles. The van der Waals surface area contributed by atoms with E-state index in [1.807, 2.05) is 0 Å². The number of hydrogen-bond donors (Lipinski definition) is 0. The fourth-order valence-corrected chi connectivity index (χ4v) is 13.2. The number of rotatable bonds is 8. The molecule has 1 heteroatoms. The Labute approximate surface area is 206 Å². The Kier molecular flexibility index (Phi) is 7.11. The molecule has 1 aliphatic heterocycles. The molecule has 0 saturated carbocycles. The summed E-state index contributed by atoms with van der Waals surface area (Å²) in [6, 6.07) is 49.5. The van der Waals surface area contributed by atoms with Crippen LogP contribution in [-0.2, 0) is 24.9 Å².